The van der Waals surface area contributed by atoms with Crippen LogP contribution in [-0.4, -0.2) is 16.9 Å². The van der Waals surface area contributed by atoms with Crippen molar-refractivity contribution in [1.82, 2.24) is 10.3 Å². The zero-order valence-corrected chi connectivity index (χ0v) is 11.3. The number of carbonyl (C=O) groups excluding carboxylic acids is 1. The Morgan fingerprint density at radius 3 is 2.76 bits per heavy atom. The van der Waals surface area contributed by atoms with Crippen LogP contribution in [0.15, 0.2) is 12.1 Å². The van der Waals surface area contributed by atoms with Crippen molar-refractivity contribution in [3.8, 4) is 0 Å². The summed E-state index contributed by atoms with van der Waals surface area (Å²) in [6.45, 7) is 6.09. The first-order chi connectivity index (χ1) is 8.06. The Balaban J connectivity index is 2.78. The zero-order valence-electron chi connectivity index (χ0n) is 10.6. The molecule has 1 amide bonds. The minimum Gasteiger partial charge on any atom is -0.350 e. The maximum atomic E-state index is 12.0. The van der Waals surface area contributed by atoms with Crippen LogP contribution in [0.25, 0.3) is 0 Å². The van der Waals surface area contributed by atoms with E-state index >= 15 is 0 Å². The molecule has 0 spiro atoms. The number of amides is 1. The number of hydrogen-bond donors (Lipinski definition) is 1. The van der Waals surface area contributed by atoms with E-state index in [1.54, 1.807) is 12.1 Å². The standard InChI is InChI=1S/C13H19ClN2O/c1-4-6-9(3)15-13(17)10-7-11(5-2)16-12(14)8-10/h7-9H,4-6H2,1-3H3,(H,15,17). The fourth-order valence-corrected chi connectivity index (χ4v) is 1.90. The number of aromatic nitrogens is 1. The summed E-state index contributed by atoms with van der Waals surface area (Å²) in [6.07, 6.45) is 2.80. The molecule has 94 valence electrons. The summed E-state index contributed by atoms with van der Waals surface area (Å²) in [7, 11) is 0. The fraction of sp³-hybridized carbons (Fsp3) is 0.538. The second kappa shape index (κ2) is 6.60. The normalized spacial score (nSPS) is 12.2. The first-order valence-electron chi connectivity index (χ1n) is 6.04. The molecule has 3 nitrogen and oxygen atoms in total. The number of nitrogens with zero attached hydrogens (tertiary/aromatic N) is 1. The molecule has 0 aliphatic rings. The van der Waals surface area contributed by atoms with Gasteiger partial charge in [-0.1, -0.05) is 31.9 Å². The molecule has 1 N–H and O–H groups in total. The van der Waals surface area contributed by atoms with Gasteiger partial charge in [0.15, 0.2) is 0 Å². The molecule has 4 heteroatoms. The molecule has 0 aliphatic heterocycles. The third kappa shape index (κ3) is 4.35. The highest BCUT2D eigenvalue weighted by molar-refractivity contribution is 6.29. The second-order valence-electron chi connectivity index (χ2n) is 4.19. The van der Waals surface area contributed by atoms with E-state index in [1.165, 1.54) is 0 Å². The molecule has 17 heavy (non-hydrogen) atoms. The van der Waals surface area contributed by atoms with E-state index in [0.29, 0.717) is 10.7 Å². The number of carbonyl (C=O) groups is 1. The molecule has 0 bridgehead atoms. The van der Waals surface area contributed by atoms with Crippen molar-refractivity contribution in [1.29, 1.82) is 0 Å². The van der Waals surface area contributed by atoms with Gasteiger partial charge >= 0.3 is 0 Å². The number of rotatable bonds is 5. The van der Waals surface area contributed by atoms with Crippen LogP contribution in [0.4, 0.5) is 0 Å². The maximum absolute atomic E-state index is 12.0. The van der Waals surface area contributed by atoms with Crippen molar-refractivity contribution in [3.05, 3.63) is 28.5 Å². The number of pyridine rings is 1. The molecule has 1 rings (SSSR count). The third-order valence-electron chi connectivity index (χ3n) is 2.57. The summed E-state index contributed by atoms with van der Waals surface area (Å²) < 4.78 is 0. The number of nitrogens with one attached hydrogen (secondary N) is 1. The van der Waals surface area contributed by atoms with E-state index in [9.17, 15) is 4.79 Å². The van der Waals surface area contributed by atoms with Crippen LogP contribution >= 0.6 is 11.6 Å². The summed E-state index contributed by atoms with van der Waals surface area (Å²) in [4.78, 5) is 16.1. The quantitative estimate of drug-likeness (QED) is 0.820. The summed E-state index contributed by atoms with van der Waals surface area (Å²) in [5, 5.41) is 3.32. The molecule has 0 aromatic carbocycles. The highest BCUT2D eigenvalue weighted by Gasteiger charge is 2.11. The first-order valence-corrected chi connectivity index (χ1v) is 6.42. The van der Waals surface area contributed by atoms with Gasteiger partial charge in [-0.15, -0.1) is 0 Å². The maximum Gasteiger partial charge on any atom is 0.251 e. The minimum absolute atomic E-state index is 0.0787. The first kappa shape index (κ1) is 14.0. The van der Waals surface area contributed by atoms with Gasteiger partial charge < -0.3 is 5.32 Å². The molecule has 0 saturated heterocycles. The molecule has 1 atom stereocenters. The van der Waals surface area contributed by atoms with Gasteiger partial charge in [-0.2, -0.15) is 0 Å². The lowest BCUT2D eigenvalue weighted by Gasteiger charge is -2.13. The Morgan fingerprint density at radius 1 is 1.47 bits per heavy atom. The predicted octanol–water partition coefficient (Wildman–Crippen LogP) is 3.22. The Kier molecular flexibility index (Phi) is 5.42. The molecular formula is C13H19ClN2O. The molecule has 1 unspecified atom stereocenters. The predicted molar refractivity (Wildman–Crippen MR) is 70.5 cm³/mol. The summed E-state index contributed by atoms with van der Waals surface area (Å²) in [5.74, 6) is -0.0787. The van der Waals surface area contributed by atoms with Crippen molar-refractivity contribution in [2.75, 3.05) is 0 Å². The van der Waals surface area contributed by atoms with Gasteiger partial charge in [0.2, 0.25) is 0 Å². The van der Waals surface area contributed by atoms with Gasteiger partial charge in [0.05, 0.1) is 0 Å². The lowest BCUT2D eigenvalue weighted by atomic mass is 10.1. The Bertz CT molecular complexity index is 393. The van der Waals surface area contributed by atoms with Crippen LogP contribution in [0.1, 0.15) is 49.7 Å². The van der Waals surface area contributed by atoms with Crippen LogP contribution in [-0.2, 0) is 6.42 Å². The monoisotopic (exact) mass is 254 g/mol. The molecule has 0 fully saturated rings. The summed E-state index contributed by atoms with van der Waals surface area (Å²) >= 11 is 5.88. The fourth-order valence-electron chi connectivity index (χ4n) is 1.68. The van der Waals surface area contributed by atoms with E-state index in [4.69, 9.17) is 11.6 Å². The smallest absolute Gasteiger partial charge is 0.251 e. The molecular weight excluding hydrogens is 236 g/mol. The third-order valence-corrected chi connectivity index (χ3v) is 2.76. The van der Waals surface area contributed by atoms with Gasteiger partial charge in [0, 0.05) is 17.3 Å². The van der Waals surface area contributed by atoms with Crippen molar-refractivity contribution in [2.45, 2.75) is 46.1 Å². The van der Waals surface area contributed by atoms with E-state index in [0.717, 1.165) is 25.0 Å². The van der Waals surface area contributed by atoms with Crippen LogP contribution in [0.2, 0.25) is 5.15 Å². The van der Waals surface area contributed by atoms with E-state index in [2.05, 4.69) is 17.2 Å². The van der Waals surface area contributed by atoms with Gasteiger partial charge in [-0.3, -0.25) is 4.79 Å². The van der Waals surface area contributed by atoms with Crippen molar-refractivity contribution in [2.24, 2.45) is 0 Å². The number of halogens is 1. The van der Waals surface area contributed by atoms with Crippen molar-refractivity contribution >= 4 is 17.5 Å². The average molecular weight is 255 g/mol. The molecule has 1 aromatic rings. The molecule has 0 aliphatic carbocycles. The molecule has 0 radical (unpaired) electrons. The highest BCUT2D eigenvalue weighted by Crippen LogP contribution is 2.12. The Morgan fingerprint density at radius 2 is 2.18 bits per heavy atom. The zero-order chi connectivity index (χ0) is 12.8. The number of hydrogen-bond acceptors (Lipinski definition) is 2. The van der Waals surface area contributed by atoms with E-state index in [1.807, 2.05) is 13.8 Å². The average Bonchev–Trinajstić information content (AvgIpc) is 2.28. The van der Waals surface area contributed by atoms with E-state index in [-0.39, 0.29) is 11.9 Å². The number of aryl methyl sites for hydroxylation is 1. The van der Waals surface area contributed by atoms with Crippen LogP contribution < -0.4 is 5.32 Å². The largest absolute Gasteiger partial charge is 0.350 e. The van der Waals surface area contributed by atoms with Gasteiger partial charge in [-0.05, 0) is 31.9 Å². The Hall–Kier alpha value is -1.09. The lowest BCUT2D eigenvalue weighted by molar-refractivity contribution is 0.0938. The second-order valence-corrected chi connectivity index (χ2v) is 4.57. The van der Waals surface area contributed by atoms with Crippen LogP contribution in [0, 0.1) is 0 Å². The molecule has 0 saturated carbocycles. The topological polar surface area (TPSA) is 42.0 Å². The highest BCUT2D eigenvalue weighted by atomic mass is 35.5. The van der Waals surface area contributed by atoms with Gasteiger partial charge in [0.1, 0.15) is 5.15 Å². The van der Waals surface area contributed by atoms with Gasteiger partial charge in [-0.25, -0.2) is 4.98 Å². The summed E-state index contributed by atoms with van der Waals surface area (Å²) in [5.41, 5.74) is 1.43. The van der Waals surface area contributed by atoms with Crippen LogP contribution in [0.3, 0.4) is 0 Å². The lowest BCUT2D eigenvalue weighted by Crippen LogP contribution is -2.32. The SMILES string of the molecule is CCCC(C)NC(=O)c1cc(Cl)nc(CC)c1. The molecule has 1 heterocycles. The Labute approximate surface area is 108 Å². The van der Waals surface area contributed by atoms with Crippen molar-refractivity contribution in [3.63, 3.8) is 0 Å². The van der Waals surface area contributed by atoms with Gasteiger partial charge in [0.25, 0.3) is 5.91 Å². The van der Waals surface area contributed by atoms with Crippen molar-refractivity contribution < 1.29 is 4.79 Å². The van der Waals surface area contributed by atoms with Crippen LogP contribution in [0.5, 0.6) is 0 Å². The minimum atomic E-state index is -0.0787. The summed E-state index contributed by atoms with van der Waals surface area (Å²) in [6, 6.07) is 3.58. The molecule has 1 aromatic heterocycles. The van der Waals surface area contributed by atoms with E-state index < -0.39 is 0 Å².